The second kappa shape index (κ2) is 8.39. The van der Waals surface area contributed by atoms with Crippen molar-refractivity contribution in [1.82, 2.24) is 9.55 Å². The van der Waals surface area contributed by atoms with E-state index in [4.69, 9.17) is 4.74 Å². The lowest BCUT2D eigenvalue weighted by Crippen LogP contribution is -2.22. The number of H-pyrrole nitrogens is 1. The molecular weight excluding hydrogens is 452 g/mol. The highest BCUT2D eigenvalue weighted by atomic mass is 79.9. The van der Waals surface area contributed by atoms with Gasteiger partial charge in [0.05, 0.1) is 16.9 Å². The van der Waals surface area contributed by atoms with Crippen molar-refractivity contribution >= 4 is 33.5 Å². The highest BCUT2D eigenvalue weighted by molar-refractivity contribution is 9.10. The number of benzene rings is 2. The van der Waals surface area contributed by atoms with Crippen LogP contribution in [-0.2, 0) is 9.53 Å². The third kappa shape index (κ3) is 4.60. The van der Waals surface area contributed by atoms with Gasteiger partial charge in [0.1, 0.15) is 5.82 Å². The maximum Gasteiger partial charge on any atom is 0.338 e. The molecular formula is C19H14BrF2N3O4. The van der Waals surface area contributed by atoms with E-state index in [1.54, 1.807) is 25.3 Å². The average molecular weight is 466 g/mol. The van der Waals surface area contributed by atoms with Crippen LogP contribution in [-0.4, -0.2) is 28.0 Å². The van der Waals surface area contributed by atoms with Gasteiger partial charge in [-0.2, -0.15) is 0 Å². The maximum atomic E-state index is 13.7. The number of esters is 1. The van der Waals surface area contributed by atoms with Crippen molar-refractivity contribution in [3.05, 3.63) is 80.4 Å². The van der Waals surface area contributed by atoms with Crippen molar-refractivity contribution in [2.24, 2.45) is 0 Å². The molecule has 0 aliphatic carbocycles. The summed E-state index contributed by atoms with van der Waals surface area (Å²) in [5, 5.41) is 2.21. The van der Waals surface area contributed by atoms with E-state index < -0.39 is 30.1 Å². The van der Waals surface area contributed by atoms with Crippen molar-refractivity contribution in [3.63, 3.8) is 0 Å². The number of aromatic nitrogens is 2. The van der Waals surface area contributed by atoms with Gasteiger partial charge in [-0.1, -0.05) is 0 Å². The minimum atomic E-state index is -0.970. The lowest BCUT2D eigenvalue weighted by Gasteiger charge is -2.10. The molecule has 0 bridgehead atoms. The quantitative estimate of drug-likeness (QED) is 0.565. The summed E-state index contributed by atoms with van der Waals surface area (Å²) in [6.07, 6.45) is 1.56. The average Bonchev–Trinajstić information content (AvgIpc) is 3.01. The normalized spacial score (nSPS) is 10.6. The number of hydrogen-bond donors (Lipinski definition) is 2. The standard InChI is InChI=1S/C19H14BrF2N3O4/c1-10-8-23-19(28)25(10)13-4-2-11(3-5-13)18(27)29-9-16(26)24-17-14(20)6-12(21)7-15(17)22/h2-8H,9H2,1H3,(H,23,28)(H,24,26). The lowest BCUT2D eigenvalue weighted by atomic mass is 10.2. The fraction of sp³-hybridized carbons (Fsp3) is 0.105. The number of carbonyl (C=O) groups excluding carboxylic acids is 2. The largest absolute Gasteiger partial charge is 0.452 e. The summed E-state index contributed by atoms with van der Waals surface area (Å²) in [4.78, 5) is 38.3. The van der Waals surface area contributed by atoms with Gasteiger partial charge in [0.25, 0.3) is 5.91 Å². The molecule has 3 rings (SSSR count). The van der Waals surface area contributed by atoms with Crippen LogP contribution in [0.25, 0.3) is 5.69 Å². The van der Waals surface area contributed by atoms with Crippen LogP contribution < -0.4 is 11.0 Å². The van der Waals surface area contributed by atoms with Gasteiger partial charge in [0, 0.05) is 22.4 Å². The third-order valence-corrected chi connectivity index (χ3v) is 4.55. The van der Waals surface area contributed by atoms with E-state index in [-0.39, 0.29) is 21.4 Å². The second-order valence-electron chi connectivity index (χ2n) is 5.99. The molecule has 0 spiro atoms. The Morgan fingerprint density at radius 2 is 1.90 bits per heavy atom. The maximum absolute atomic E-state index is 13.7. The van der Waals surface area contributed by atoms with Crippen molar-refractivity contribution in [1.29, 1.82) is 0 Å². The van der Waals surface area contributed by atoms with E-state index in [1.807, 2.05) is 0 Å². The Hall–Kier alpha value is -3.27. The molecule has 0 aliphatic heterocycles. The van der Waals surface area contributed by atoms with Crippen LogP contribution in [0.1, 0.15) is 16.1 Å². The summed E-state index contributed by atoms with van der Waals surface area (Å²) < 4.78 is 33.2. The highest BCUT2D eigenvalue weighted by Gasteiger charge is 2.15. The Morgan fingerprint density at radius 3 is 2.48 bits per heavy atom. The van der Waals surface area contributed by atoms with Gasteiger partial charge in [-0.15, -0.1) is 0 Å². The lowest BCUT2D eigenvalue weighted by molar-refractivity contribution is -0.119. The van der Waals surface area contributed by atoms with Crippen LogP contribution >= 0.6 is 15.9 Å². The fourth-order valence-corrected chi connectivity index (χ4v) is 3.08. The number of ether oxygens (including phenoxy) is 1. The van der Waals surface area contributed by atoms with Crippen LogP contribution in [0.5, 0.6) is 0 Å². The monoisotopic (exact) mass is 465 g/mol. The van der Waals surface area contributed by atoms with E-state index in [1.165, 1.54) is 16.7 Å². The van der Waals surface area contributed by atoms with Crippen LogP contribution in [0.4, 0.5) is 14.5 Å². The van der Waals surface area contributed by atoms with E-state index in [0.717, 1.165) is 6.07 Å². The molecule has 0 aliphatic rings. The summed E-state index contributed by atoms with van der Waals surface area (Å²) in [7, 11) is 0. The summed E-state index contributed by atoms with van der Waals surface area (Å²) in [5.41, 5.74) is 0.843. The number of anilines is 1. The van der Waals surface area contributed by atoms with Crippen LogP contribution in [0.2, 0.25) is 0 Å². The summed E-state index contributed by atoms with van der Waals surface area (Å²) in [5.74, 6) is -3.35. The molecule has 29 heavy (non-hydrogen) atoms. The Labute approximate surface area is 171 Å². The first-order valence-corrected chi connectivity index (χ1v) is 9.04. The van der Waals surface area contributed by atoms with Crippen molar-refractivity contribution in [2.75, 3.05) is 11.9 Å². The summed E-state index contributed by atoms with van der Waals surface area (Å²) in [6.45, 7) is 1.08. The number of imidazole rings is 1. The van der Waals surface area contributed by atoms with Crippen LogP contribution in [0.3, 0.4) is 0 Å². The van der Waals surface area contributed by atoms with Gasteiger partial charge in [0.2, 0.25) is 0 Å². The minimum absolute atomic E-state index is 0.0144. The number of nitrogens with one attached hydrogen (secondary N) is 2. The first-order chi connectivity index (χ1) is 13.8. The van der Waals surface area contributed by atoms with Gasteiger partial charge in [-0.3, -0.25) is 9.36 Å². The fourth-order valence-electron chi connectivity index (χ4n) is 2.57. The molecule has 3 aromatic rings. The molecule has 0 atom stereocenters. The van der Waals surface area contributed by atoms with Gasteiger partial charge in [0.15, 0.2) is 12.4 Å². The molecule has 0 radical (unpaired) electrons. The number of nitrogens with zero attached hydrogens (tertiary/aromatic N) is 1. The van der Waals surface area contributed by atoms with E-state index in [0.29, 0.717) is 17.4 Å². The molecule has 2 N–H and O–H groups in total. The molecule has 1 amide bonds. The van der Waals surface area contributed by atoms with E-state index in [2.05, 4.69) is 26.2 Å². The molecule has 2 aromatic carbocycles. The molecule has 1 heterocycles. The highest BCUT2D eigenvalue weighted by Crippen LogP contribution is 2.26. The number of carbonyl (C=O) groups is 2. The molecule has 0 unspecified atom stereocenters. The minimum Gasteiger partial charge on any atom is -0.452 e. The Bertz CT molecular complexity index is 1120. The summed E-state index contributed by atoms with van der Waals surface area (Å²) in [6, 6.07) is 7.62. The van der Waals surface area contributed by atoms with Crippen molar-refractivity contribution in [2.45, 2.75) is 6.92 Å². The van der Waals surface area contributed by atoms with E-state index >= 15 is 0 Å². The van der Waals surface area contributed by atoms with Gasteiger partial charge < -0.3 is 15.0 Å². The zero-order valence-electron chi connectivity index (χ0n) is 15.0. The van der Waals surface area contributed by atoms with E-state index in [9.17, 15) is 23.2 Å². The Kier molecular flexibility index (Phi) is 5.92. The molecule has 150 valence electrons. The predicted octanol–water partition coefficient (Wildman–Crippen LogP) is 3.31. The van der Waals surface area contributed by atoms with Gasteiger partial charge in [-0.05, 0) is 53.2 Å². The zero-order chi connectivity index (χ0) is 21.1. The molecule has 1 aromatic heterocycles. The molecule has 10 heteroatoms. The number of halogens is 3. The smallest absolute Gasteiger partial charge is 0.338 e. The molecule has 0 saturated carbocycles. The number of aryl methyl sites for hydroxylation is 1. The van der Waals surface area contributed by atoms with Gasteiger partial charge >= 0.3 is 11.7 Å². The topological polar surface area (TPSA) is 93.2 Å². The molecule has 0 fully saturated rings. The van der Waals surface area contributed by atoms with Crippen molar-refractivity contribution < 1.29 is 23.1 Å². The third-order valence-electron chi connectivity index (χ3n) is 3.93. The van der Waals surface area contributed by atoms with Crippen LogP contribution in [0.15, 0.2) is 51.9 Å². The number of hydrogen-bond acceptors (Lipinski definition) is 4. The zero-order valence-corrected chi connectivity index (χ0v) is 16.5. The second-order valence-corrected chi connectivity index (χ2v) is 6.84. The summed E-state index contributed by atoms with van der Waals surface area (Å²) >= 11 is 2.95. The van der Waals surface area contributed by atoms with Crippen molar-refractivity contribution in [3.8, 4) is 5.69 Å². The number of amides is 1. The predicted molar refractivity (Wildman–Crippen MR) is 104 cm³/mol. The first kappa shape index (κ1) is 20.5. The number of rotatable bonds is 5. The first-order valence-electron chi connectivity index (χ1n) is 8.25. The Balaban J connectivity index is 1.62. The molecule has 7 nitrogen and oxygen atoms in total. The van der Waals surface area contributed by atoms with Crippen LogP contribution in [0, 0.1) is 18.6 Å². The molecule has 0 saturated heterocycles. The van der Waals surface area contributed by atoms with Gasteiger partial charge in [-0.25, -0.2) is 18.4 Å². The SMILES string of the molecule is Cc1c[nH]c(=O)n1-c1ccc(C(=O)OCC(=O)Nc2c(F)cc(F)cc2Br)cc1. The number of aromatic amines is 1. The Morgan fingerprint density at radius 1 is 1.21 bits per heavy atom.